The first-order chi connectivity index (χ1) is 13.3. The quantitative estimate of drug-likeness (QED) is 0.710. The summed E-state index contributed by atoms with van der Waals surface area (Å²) in [6.45, 7) is 1.37. The van der Waals surface area contributed by atoms with Gasteiger partial charge < -0.3 is 9.64 Å². The molecule has 3 aromatic rings. The number of carbonyl (C=O) groups is 1. The van der Waals surface area contributed by atoms with Gasteiger partial charge in [-0.3, -0.25) is 14.8 Å². The summed E-state index contributed by atoms with van der Waals surface area (Å²) in [4.78, 5) is 27.5. The van der Waals surface area contributed by atoms with E-state index in [1.165, 1.54) is 0 Å². The van der Waals surface area contributed by atoms with Crippen molar-refractivity contribution < 1.29 is 9.53 Å². The van der Waals surface area contributed by atoms with Crippen LogP contribution >= 0.6 is 0 Å². The monoisotopic (exact) mass is 360 g/mol. The van der Waals surface area contributed by atoms with E-state index in [-0.39, 0.29) is 11.8 Å². The van der Waals surface area contributed by atoms with Crippen molar-refractivity contribution in [2.24, 2.45) is 0 Å². The number of carbonyl (C=O) groups excluding carboxylic acids is 1. The van der Waals surface area contributed by atoms with Crippen LogP contribution in [-0.4, -0.2) is 38.8 Å². The summed E-state index contributed by atoms with van der Waals surface area (Å²) in [6.07, 6.45) is 8.56. The van der Waals surface area contributed by atoms with E-state index in [1.54, 1.807) is 36.9 Å². The number of piperidine rings is 1. The van der Waals surface area contributed by atoms with Gasteiger partial charge in [-0.2, -0.15) is 0 Å². The van der Waals surface area contributed by atoms with Crippen LogP contribution in [0.4, 0.5) is 0 Å². The van der Waals surface area contributed by atoms with Gasteiger partial charge >= 0.3 is 0 Å². The van der Waals surface area contributed by atoms with Gasteiger partial charge in [-0.25, -0.2) is 4.98 Å². The summed E-state index contributed by atoms with van der Waals surface area (Å²) >= 11 is 0. The van der Waals surface area contributed by atoms with Gasteiger partial charge in [-0.15, -0.1) is 0 Å². The highest BCUT2D eigenvalue weighted by atomic mass is 16.5. The van der Waals surface area contributed by atoms with Crippen LogP contribution in [0.5, 0.6) is 11.6 Å². The minimum Gasteiger partial charge on any atom is -0.437 e. The molecule has 0 aliphatic carbocycles. The molecule has 6 nitrogen and oxygen atoms in total. The van der Waals surface area contributed by atoms with Gasteiger partial charge in [0.1, 0.15) is 5.75 Å². The molecule has 0 saturated carbocycles. The highest BCUT2D eigenvalue weighted by Gasteiger charge is 2.26. The van der Waals surface area contributed by atoms with Crippen LogP contribution in [0.15, 0.2) is 67.3 Å². The van der Waals surface area contributed by atoms with E-state index in [1.807, 2.05) is 35.2 Å². The molecular formula is C21H20N4O2. The minimum absolute atomic E-state index is 0.0115. The SMILES string of the molecule is O=C(c1cccnc1)N1CCC[C@@H](c2cncc(Oc3ccccc3)n2)C1. The lowest BCUT2D eigenvalue weighted by Gasteiger charge is -2.32. The first-order valence-corrected chi connectivity index (χ1v) is 9.04. The van der Waals surface area contributed by atoms with E-state index in [2.05, 4.69) is 15.0 Å². The molecule has 1 atom stereocenters. The highest BCUT2D eigenvalue weighted by molar-refractivity contribution is 5.94. The second kappa shape index (κ2) is 7.95. The molecule has 1 aliphatic rings. The molecule has 0 radical (unpaired) electrons. The third-order valence-electron chi connectivity index (χ3n) is 4.63. The lowest BCUT2D eigenvalue weighted by Crippen LogP contribution is -2.39. The van der Waals surface area contributed by atoms with Crippen molar-refractivity contribution in [3.63, 3.8) is 0 Å². The molecule has 1 aromatic carbocycles. The Bertz CT molecular complexity index is 902. The maximum atomic E-state index is 12.7. The van der Waals surface area contributed by atoms with E-state index >= 15 is 0 Å². The average molecular weight is 360 g/mol. The fourth-order valence-electron chi connectivity index (χ4n) is 3.29. The Balaban J connectivity index is 1.48. The number of hydrogen-bond acceptors (Lipinski definition) is 5. The van der Waals surface area contributed by atoms with Crippen LogP contribution in [0.25, 0.3) is 0 Å². The summed E-state index contributed by atoms with van der Waals surface area (Å²) in [6, 6.07) is 13.1. The van der Waals surface area contributed by atoms with Crippen LogP contribution < -0.4 is 4.74 Å². The Morgan fingerprint density at radius 3 is 2.74 bits per heavy atom. The molecule has 0 N–H and O–H groups in total. The number of amides is 1. The Kier molecular flexibility index (Phi) is 5.05. The molecule has 0 unspecified atom stereocenters. The van der Waals surface area contributed by atoms with Crippen LogP contribution in [0.1, 0.15) is 34.8 Å². The first-order valence-electron chi connectivity index (χ1n) is 9.04. The van der Waals surface area contributed by atoms with Crippen molar-refractivity contribution in [2.75, 3.05) is 13.1 Å². The number of rotatable bonds is 4. The zero-order valence-electron chi connectivity index (χ0n) is 14.9. The van der Waals surface area contributed by atoms with E-state index in [9.17, 15) is 4.79 Å². The number of para-hydroxylation sites is 1. The van der Waals surface area contributed by atoms with Crippen LogP contribution in [0, 0.1) is 0 Å². The van der Waals surface area contributed by atoms with Crippen LogP contribution in [0.2, 0.25) is 0 Å². The number of ether oxygens (including phenoxy) is 1. The fraction of sp³-hybridized carbons (Fsp3) is 0.238. The van der Waals surface area contributed by atoms with Gasteiger partial charge in [-0.05, 0) is 37.1 Å². The predicted octanol–water partition coefficient (Wildman–Crippen LogP) is 3.68. The van der Waals surface area contributed by atoms with Crippen LogP contribution in [-0.2, 0) is 0 Å². The molecule has 0 bridgehead atoms. The van der Waals surface area contributed by atoms with E-state index < -0.39 is 0 Å². The molecule has 27 heavy (non-hydrogen) atoms. The number of nitrogens with zero attached hydrogens (tertiary/aromatic N) is 4. The predicted molar refractivity (Wildman–Crippen MR) is 101 cm³/mol. The second-order valence-corrected chi connectivity index (χ2v) is 6.53. The molecule has 4 rings (SSSR count). The number of pyridine rings is 1. The average Bonchev–Trinajstić information content (AvgIpc) is 2.75. The van der Waals surface area contributed by atoms with Gasteiger partial charge in [0.15, 0.2) is 0 Å². The lowest BCUT2D eigenvalue weighted by molar-refractivity contribution is 0.0705. The Morgan fingerprint density at radius 2 is 1.93 bits per heavy atom. The topological polar surface area (TPSA) is 68.2 Å². The number of likely N-dealkylation sites (tertiary alicyclic amines) is 1. The maximum absolute atomic E-state index is 12.7. The van der Waals surface area contributed by atoms with Crippen molar-refractivity contribution in [3.8, 4) is 11.6 Å². The number of aromatic nitrogens is 3. The Labute approximate surface area is 157 Å². The molecule has 1 fully saturated rings. The molecule has 1 aliphatic heterocycles. The first kappa shape index (κ1) is 17.1. The van der Waals surface area contributed by atoms with Crippen molar-refractivity contribution in [2.45, 2.75) is 18.8 Å². The highest BCUT2D eigenvalue weighted by Crippen LogP contribution is 2.28. The standard InChI is InChI=1S/C21H20N4O2/c26-21(16-6-4-10-22-12-16)25-11-5-7-17(15-25)19-13-23-14-20(24-19)27-18-8-2-1-3-9-18/h1-4,6,8-10,12-14,17H,5,7,11,15H2/t17-/m1/s1. The number of hydrogen-bond donors (Lipinski definition) is 0. The summed E-state index contributed by atoms with van der Waals surface area (Å²) in [7, 11) is 0. The van der Waals surface area contributed by atoms with Crippen LogP contribution in [0.3, 0.4) is 0 Å². The van der Waals surface area contributed by atoms with Gasteiger partial charge in [0, 0.05) is 37.6 Å². The largest absolute Gasteiger partial charge is 0.437 e. The summed E-state index contributed by atoms with van der Waals surface area (Å²) in [5.74, 6) is 1.35. The summed E-state index contributed by atoms with van der Waals surface area (Å²) < 4.78 is 5.79. The maximum Gasteiger partial charge on any atom is 0.255 e. The van der Waals surface area contributed by atoms with Crippen molar-refractivity contribution in [1.29, 1.82) is 0 Å². The van der Waals surface area contributed by atoms with E-state index in [0.717, 1.165) is 30.8 Å². The smallest absolute Gasteiger partial charge is 0.255 e. The lowest BCUT2D eigenvalue weighted by atomic mass is 9.94. The third kappa shape index (κ3) is 4.11. The normalized spacial score (nSPS) is 16.7. The third-order valence-corrected chi connectivity index (χ3v) is 4.63. The van der Waals surface area contributed by atoms with Gasteiger partial charge in [0.05, 0.1) is 17.5 Å². The van der Waals surface area contributed by atoms with E-state index in [0.29, 0.717) is 18.0 Å². The molecule has 1 amide bonds. The molecular weight excluding hydrogens is 340 g/mol. The molecule has 6 heteroatoms. The van der Waals surface area contributed by atoms with Crippen molar-refractivity contribution in [3.05, 3.63) is 78.5 Å². The molecule has 3 heterocycles. The zero-order chi connectivity index (χ0) is 18.5. The van der Waals surface area contributed by atoms with Crippen molar-refractivity contribution in [1.82, 2.24) is 19.9 Å². The molecule has 1 saturated heterocycles. The van der Waals surface area contributed by atoms with Crippen molar-refractivity contribution >= 4 is 5.91 Å². The number of benzene rings is 1. The van der Waals surface area contributed by atoms with Gasteiger partial charge in [0.25, 0.3) is 5.91 Å². The summed E-state index contributed by atoms with van der Waals surface area (Å²) in [5.41, 5.74) is 1.47. The summed E-state index contributed by atoms with van der Waals surface area (Å²) in [5, 5.41) is 0. The zero-order valence-corrected chi connectivity index (χ0v) is 14.9. The van der Waals surface area contributed by atoms with Gasteiger partial charge in [0.2, 0.25) is 5.88 Å². The second-order valence-electron chi connectivity index (χ2n) is 6.53. The molecule has 0 spiro atoms. The Morgan fingerprint density at radius 1 is 1.04 bits per heavy atom. The minimum atomic E-state index is 0.0115. The molecule has 2 aromatic heterocycles. The molecule has 136 valence electrons. The van der Waals surface area contributed by atoms with E-state index in [4.69, 9.17) is 4.74 Å². The van der Waals surface area contributed by atoms with Gasteiger partial charge in [-0.1, -0.05) is 18.2 Å². The fourth-order valence-corrected chi connectivity index (χ4v) is 3.29. The Hall–Kier alpha value is -3.28.